The largest absolute Gasteiger partial charge is 0.481 e. The number of alkyl halides is 3. The van der Waals surface area contributed by atoms with Crippen molar-refractivity contribution in [2.24, 2.45) is 7.05 Å². The van der Waals surface area contributed by atoms with Crippen molar-refractivity contribution in [1.29, 1.82) is 0 Å². The second-order valence-corrected chi connectivity index (χ2v) is 5.42. The first-order valence-electron chi connectivity index (χ1n) is 6.54. The summed E-state index contributed by atoms with van der Waals surface area (Å²) in [5.41, 5.74) is -5.17. The van der Waals surface area contributed by atoms with E-state index < -0.39 is 47.0 Å². The van der Waals surface area contributed by atoms with Crippen LogP contribution in [-0.4, -0.2) is 20.2 Å². The number of aliphatic carboxylic acids is 1. The fourth-order valence-corrected chi connectivity index (χ4v) is 2.39. The van der Waals surface area contributed by atoms with Gasteiger partial charge in [-0.2, -0.15) is 13.2 Å². The zero-order valence-electron chi connectivity index (χ0n) is 12.4. The molecule has 0 atom stereocenters. The van der Waals surface area contributed by atoms with E-state index in [-0.39, 0.29) is 25.8 Å². The molecule has 0 bridgehead atoms. The zero-order chi connectivity index (χ0) is 19.1. The molecule has 1 aromatic heterocycles. The molecule has 25 heavy (non-hydrogen) atoms. The molecule has 1 aromatic carbocycles. The third kappa shape index (κ3) is 3.58. The summed E-state index contributed by atoms with van der Waals surface area (Å²) in [7, 11) is 0.771. The molecule has 0 saturated carbocycles. The van der Waals surface area contributed by atoms with Crippen molar-refractivity contribution in [2.45, 2.75) is 12.6 Å². The summed E-state index contributed by atoms with van der Waals surface area (Å²) in [6.07, 6.45) is -5.60. The Bertz CT molecular complexity index is 979. The highest BCUT2D eigenvalue weighted by Crippen LogP contribution is 2.27. The van der Waals surface area contributed by atoms with E-state index in [1.165, 1.54) is 0 Å². The Hall–Kier alpha value is -2.62. The molecular weight excluding hydrogens is 372 g/mol. The number of hydrogen-bond donors (Lipinski definition) is 1. The monoisotopic (exact) mass is 380 g/mol. The lowest BCUT2D eigenvalue weighted by molar-refractivity contribution is -0.144. The first-order valence-corrected chi connectivity index (χ1v) is 6.91. The zero-order valence-corrected chi connectivity index (χ0v) is 13.2. The second-order valence-electron chi connectivity index (χ2n) is 5.01. The Labute approximate surface area is 141 Å². The van der Waals surface area contributed by atoms with Gasteiger partial charge in [-0.3, -0.25) is 14.2 Å². The molecule has 0 spiro atoms. The molecule has 0 aliphatic heterocycles. The summed E-state index contributed by atoms with van der Waals surface area (Å²) in [5, 5.41) is 8.53. The normalized spacial score (nSPS) is 11.6. The van der Waals surface area contributed by atoms with Gasteiger partial charge in [-0.25, -0.2) is 13.8 Å². The van der Waals surface area contributed by atoms with Crippen molar-refractivity contribution in [3.63, 3.8) is 0 Å². The van der Waals surface area contributed by atoms with Crippen LogP contribution in [0.1, 0.15) is 11.3 Å². The molecule has 0 unspecified atom stereocenters. The molecule has 2 aromatic rings. The number of hydrogen-bond acceptors (Lipinski definition) is 3. The summed E-state index contributed by atoms with van der Waals surface area (Å²) >= 11 is 5.71. The lowest BCUT2D eigenvalue weighted by atomic mass is 10.1. The lowest BCUT2D eigenvalue weighted by Crippen LogP contribution is -2.41. The van der Waals surface area contributed by atoms with Crippen LogP contribution in [0, 0.1) is 5.82 Å². The minimum Gasteiger partial charge on any atom is -0.481 e. The van der Waals surface area contributed by atoms with E-state index in [1.807, 2.05) is 0 Å². The molecule has 11 heteroatoms. The standard InChI is InChI=1S/C14H9ClF4N2O4/c1-20-10(14(17,18)19)5-11(22)21(13(20)25)9-2-6(3-12(23)24)7(15)4-8(9)16/h2,4-5H,3H2,1H3,(H,23,24). The number of rotatable bonds is 3. The highest BCUT2D eigenvalue weighted by atomic mass is 35.5. The van der Waals surface area contributed by atoms with Crippen molar-refractivity contribution in [3.05, 3.63) is 61.1 Å². The predicted octanol–water partition coefficient (Wildman–Crippen LogP) is 1.97. The van der Waals surface area contributed by atoms with Gasteiger partial charge in [0.15, 0.2) is 0 Å². The van der Waals surface area contributed by atoms with Crippen LogP contribution in [0.3, 0.4) is 0 Å². The number of carboxylic acid groups (broad SMARTS) is 1. The van der Waals surface area contributed by atoms with Gasteiger partial charge in [-0.15, -0.1) is 0 Å². The fourth-order valence-electron chi connectivity index (χ4n) is 2.17. The maximum atomic E-state index is 14.1. The third-order valence-electron chi connectivity index (χ3n) is 3.31. The van der Waals surface area contributed by atoms with E-state index in [0.717, 1.165) is 13.1 Å². The molecule has 0 fully saturated rings. The van der Waals surface area contributed by atoms with Gasteiger partial charge in [0.1, 0.15) is 11.5 Å². The number of halogens is 5. The lowest BCUT2D eigenvalue weighted by Gasteiger charge is -2.15. The molecule has 0 saturated heterocycles. The van der Waals surface area contributed by atoms with Crippen LogP contribution in [0.25, 0.3) is 5.69 Å². The summed E-state index contributed by atoms with van der Waals surface area (Å²) in [4.78, 5) is 34.9. The number of benzene rings is 1. The van der Waals surface area contributed by atoms with Gasteiger partial charge >= 0.3 is 17.8 Å². The van der Waals surface area contributed by atoms with Gasteiger partial charge in [0.25, 0.3) is 5.56 Å². The van der Waals surface area contributed by atoms with Gasteiger partial charge in [-0.1, -0.05) is 11.6 Å². The highest BCUT2D eigenvalue weighted by molar-refractivity contribution is 6.31. The van der Waals surface area contributed by atoms with Gasteiger partial charge in [-0.05, 0) is 17.7 Å². The van der Waals surface area contributed by atoms with Crippen LogP contribution < -0.4 is 11.2 Å². The van der Waals surface area contributed by atoms with Crippen molar-refractivity contribution in [3.8, 4) is 5.69 Å². The van der Waals surface area contributed by atoms with E-state index in [4.69, 9.17) is 16.7 Å². The Kier molecular flexibility index (Phi) is 4.76. The summed E-state index contributed by atoms with van der Waals surface area (Å²) < 4.78 is 52.9. The van der Waals surface area contributed by atoms with Crippen LogP contribution in [-0.2, 0) is 24.4 Å². The van der Waals surface area contributed by atoms with Crippen LogP contribution in [0.4, 0.5) is 17.6 Å². The van der Waals surface area contributed by atoms with Crippen LogP contribution in [0.2, 0.25) is 5.02 Å². The van der Waals surface area contributed by atoms with Crippen LogP contribution in [0.5, 0.6) is 0 Å². The quantitative estimate of drug-likeness (QED) is 0.826. The molecule has 134 valence electrons. The first kappa shape index (κ1) is 18.7. The average molecular weight is 381 g/mol. The van der Waals surface area contributed by atoms with E-state index in [9.17, 15) is 31.9 Å². The highest BCUT2D eigenvalue weighted by Gasteiger charge is 2.35. The van der Waals surface area contributed by atoms with E-state index in [1.54, 1.807) is 0 Å². The predicted molar refractivity (Wildman–Crippen MR) is 78.6 cm³/mol. The Morgan fingerprint density at radius 3 is 2.36 bits per heavy atom. The Morgan fingerprint density at radius 2 is 1.84 bits per heavy atom. The number of nitrogens with zero attached hydrogens (tertiary/aromatic N) is 2. The van der Waals surface area contributed by atoms with Crippen molar-refractivity contribution < 1.29 is 27.5 Å². The summed E-state index contributed by atoms with van der Waals surface area (Å²) in [5.74, 6) is -2.48. The van der Waals surface area contributed by atoms with Crippen molar-refractivity contribution in [2.75, 3.05) is 0 Å². The van der Waals surface area contributed by atoms with E-state index >= 15 is 0 Å². The minimum absolute atomic E-state index is 0.112. The second kappa shape index (κ2) is 6.36. The minimum atomic E-state index is -4.96. The number of carboxylic acids is 1. The maximum Gasteiger partial charge on any atom is 0.431 e. The molecule has 0 amide bonds. The molecule has 0 radical (unpaired) electrons. The molecular formula is C14H9ClF4N2O4. The average Bonchev–Trinajstić information content (AvgIpc) is 2.45. The van der Waals surface area contributed by atoms with Gasteiger partial charge in [0, 0.05) is 18.1 Å². The molecule has 1 N–H and O–H groups in total. The van der Waals surface area contributed by atoms with Crippen molar-refractivity contribution in [1.82, 2.24) is 9.13 Å². The molecule has 2 rings (SSSR count). The molecule has 0 aliphatic rings. The smallest absolute Gasteiger partial charge is 0.431 e. The Morgan fingerprint density at radius 1 is 1.24 bits per heavy atom. The van der Waals surface area contributed by atoms with Crippen LogP contribution >= 0.6 is 11.6 Å². The van der Waals surface area contributed by atoms with Crippen molar-refractivity contribution >= 4 is 17.6 Å². The van der Waals surface area contributed by atoms with Gasteiger partial charge < -0.3 is 5.11 Å². The van der Waals surface area contributed by atoms with E-state index in [2.05, 4.69) is 0 Å². The first-order chi connectivity index (χ1) is 11.4. The molecule has 1 heterocycles. The topological polar surface area (TPSA) is 81.3 Å². The maximum absolute atomic E-state index is 14.1. The van der Waals surface area contributed by atoms with E-state index in [0.29, 0.717) is 6.07 Å². The molecule has 0 aliphatic carbocycles. The van der Waals surface area contributed by atoms with Gasteiger partial charge in [0.05, 0.1) is 12.1 Å². The Balaban J connectivity index is 2.80. The SMILES string of the molecule is Cn1c(C(F)(F)F)cc(=O)n(-c2cc(CC(=O)O)c(Cl)cc2F)c1=O. The fraction of sp³-hybridized carbons (Fsp3) is 0.214. The third-order valence-corrected chi connectivity index (χ3v) is 3.66. The van der Waals surface area contributed by atoms with Crippen LogP contribution in [0.15, 0.2) is 27.8 Å². The van der Waals surface area contributed by atoms with Gasteiger partial charge in [0.2, 0.25) is 0 Å². The summed E-state index contributed by atoms with van der Waals surface area (Å²) in [6, 6.07) is 1.66. The number of aromatic nitrogens is 2. The number of carbonyl (C=O) groups is 1. The molecule has 6 nitrogen and oxygen atoms in total. The summed E-state index contributed by atoms with van der Waals surface area (Å²) in [6.45, 7) is 0.